The van der Waals surface area contributed by atoms with Crippen LogP contribution in [-0.2, 0) is 0 Å². The number of halogens is 2. The Bertz CT molecular complexity index is 373. The number of hydrogen-bond acceptors (Lipinski definition) is 2. The Hall–Kier alpha value is -0.640. The second-order valence-electron chi connectivity index (χ2n) is 4.96. The van der Waals surface area contributed by atoms with Gasteiger partial charge in [0, 0.05) is 23.2 Å². The zero-order chi connectivity index (χ0) is 13.0. The summed E-state index contributed by atoms with van der Waals surface area (Å²) < 4.78 is 13.8. The van der Waals surface area contributed by atoms with Crippen LogP contribution in [0.5, 0.6) is 0 Å². The maximum atomic E-state index is 13.8. The molecule has 1 atom stereocenters. The van der Waals surface area contributed by atoms with Crippen LogP contribution in [0, 0.1) is 11.7 Å². The number of rotatable bonds is 6. The molecule has 18 heavy (non-hydrogen) atoms. The van der Waals surface area contributed by atoms with Crippen molar-refractivity contribution in [3.8, 4) is 0 Å². The van der Waals surface area contributed by atoms with Gasteiger partial charge in [-0.2, -0.15) is 0 Å². The van der Waals surface area contributed by atoms with Crippen molar-refractivity contribution in [1.82, 2.24) is 5.32 Å². The molecule has 0 saturated heterocycles. The summed E-state index contributed by atoms with van der Waals surface area (Å²) in [7, 11) is 0. The highest BCUT2D eigenvalue weighted by Gasteiger charge is 2.20. The van der Waals surface area contributed by atoms with Crippen LogP contribution in [0.3, 0.4) is 0 Å². The van der Waals surface area contributed by atoms with Crippen molar-refractivity contribution in [1.29, 1.82) is 0 Å². The van der Waals surface area contributed by atoms with E-state index in [0.717, 1.165) is 18.9 Å². The molecule has 0 amide bonds. The summed E-state index contributed by atoms with van der Waals surface area (Å²) in [4.78, 5) is 0. The average molecular weight is 271 g/mol. The molecule has 1 saturated carbocycles. The van der Waals surface area contributed by atoms with Gasteiger partial charge in [0.25, 0.3) is 0 Å². The summed E-state index contributed by atoms with van der Waals surface area (Å²) in [6.07, 6.45) is 5.15. The van der Waals surface area contributed by atoms with E-state index < -0.39 is 0 Å². The van der Waals surface area contributed by atoms with Crippen molar-refractivity contribution in [3.63, 3.8) is 0 Å². The molecule has 1 unspecified atom stereocenters. The normalized spacial score (nSPS) is 17.5. The van der Waals surface area contributed by atoms with E-state index in [0.29, 0.717) is 17.1 Å². The van der Waals surface area contributed by atoms with Crippen molar-refractivity contribution >= 4 is 11.6 Å². The Morgan fingerprint density at radius 3 is 2.78 bits per heavy atom. The van der Waals surface area contributed by atoms with Crippen molar-refractivity contribution in [2.24, 2.45) is 11.7 Å². The second kappa shape index (κ2) is 6.50. The van der Waals surface area contributed by atoms with Gasteiger partial charge in [0.05, 0.1) is 0 Å². The molecule has 1 fully saturated rings. The first-order chi connectivity index (χ1) is 8.72. The molecule has 4 heteroatoms. The lowest BCUT2D eigenvalue weighted by molar-refractivity contribution is 0.287. The second-order valence-corrected chi connectivity index (χ2v) is 5.37. The van der Waals surface area contributed by atoms with Crippen LogP contribution in [-0.4, -0.2) is 13.1 Å². The van der Waals surface area contributed by atoms with E-state index in [1.54, 1.807) is 12.1 Å². The molecule has 1 aromatic carbocycles. The van der Waals surface area contributed by atoms with Crippen molar-refractivity contribution in [2.75, 3.05) is 13.1 Å². The average Bonchev–Trinajstić information content (AvgIpc) is 2.29. The summed E-state index contributed by atoms with van der Waals surface area (Å²) in [5, 5.41) is 3.76. The molecule has 0 heterocycles. The van der Waals surface area contributed by atoms with Crippen LogP contribution >= 0.6 is 11.6 Å². The summed E-state index contributed by atoms with van der Waals surface area (Å²) in [6, 6.07) is 4.55. The zero-order valence-electron chi connectivity index (χ0n) is 10.5. The third-order valence-electron chi connectivity index (χ3n) is 3.75. The Morgan fingerprint density at radius 1 is 1.44 bits per heavy atom. The number of hydrogen-bond donors (Lipinski definition) is 2. The van der Waals surface area contributed by atoms with Crippen LogP contribution in [0.25, 0.3) is 0 Å². The molecule has 0 radical (unpaired) electrons. The van der Waals surface area contributed by atoms with E-state index in [2.05, 4.69) is 5.32 Å². The summed E-state index contributed by atoms with van der Waals surface area (Å²) in [5.74, 6) is 0.557. The molecular weight excluding hydrogens is 251 g/mol. The predicted octanol–water partition coefficient (Wildman–Crippen LogP) is 3.26. The van der Waals surface area contributed by atoms with Crippen molar-refractivity contribution in [3.05, 3.63) is 34.6 Å². The van der Waals surface area contributed by atoms with Crippen LogP contribution in [0.15, 0.2) is 18.2 Å². The fourth-order valence-corrected chi connectivity index (χ4v) is 2.68. The first kappa shape index (κ1) is 13.8. The van der Waals surface area contributed by atoms with Gasteiger partial charge in [-0.25, -0.2) is 4.39 Å². The van der Waals surface area contributed by atoms with Gasteiger partial charge >= 0.3 is 0 Å². The fraction of sp³-hybridized carbons (Fsp3) is 0.571. The summed E-state index contributed by atoms with van der Waals surface area (Å²) in [6.45, 7) is 1.22. The molecule has 0 bridgehead atoms. The molecule has 3 N–H and O–H groups in total. The number of benzene rings is 1. The largest absolute Gasteiger partial charge is 0.329 e. The first-order valence-corrected chi connectivity index (χ1v) is 6.97. The van der Waals surface area contributed by atoms with Crippen molar-refractivity contribution in [2.45, 2.75) is 31.7 Å². The highest BCUT2D eigenvalue weighted by atomic mass is 35.5. The minimum atomic E-state index is -0.283. The Labute approximate surface area is 113 Å². The Morgan fingerprint density at radius 2 is 2.22 bits per heavy atom. The van der Waals surface area contributed by atoms with Gasteiger partial charge in [-0.15, -0.1) is 0 Å². The molecule has 0 spiro atoms. The highest BCUT2D eigenvalue weighted by Crippen LogP contribution is 2.29. The molecule has 100 valence electrons. The topological polar surface area (TPSA) is 38.0 Å². The molecule has 1 aliphatic rings. The third kappa shape index (κ3) is 3.22. The lowest BCUT2D eigenvalue weighted by Crippen LogP contribution is -2.31. The van der Waals surface area contributed by atoms with Crippen molar-refractivity contribution < 1.29 is 4.39 Å². The lowest BCUT2D eigenvalue weighted by atomic mass is 9.83. The van der Waals surface area contributed by atoms with E-state index in [-0.39, 0.29) is 11.9 Å². The molecular formula is C14H20ClFN2. The standard InChI is InChI=1S/C14H20ClFN2/c15-11-5-2-6-12(16)14(11)13(9-17)18-8-7-10-3-1-4-10/h2,5-6,10,13,18H,1,3-4,7-9,17H2. The predicted molar refractivity (Wildman–Crippen MR) is 73.2 cm³/mol. The van der Waals surface area contributed by atoms with Crippen LogP contribution in [0.2, 0.25) is 5.02 Å². The van der Waals surface area contributed by atoms with Crippen LogP contribution in [0.4, 0.5) is 4.39 Å². The maximum absolute atomic E-state index is 13.8. The van der Waals surface area contributed by atoms with Crippen LogP contribution in [0.1, 0.15) is 37.3 Å². The fourth-order valence-electron chi connectivity index (χ4n) is 2.39. The minimum Gasteiger partial charge on any atom is -0.329 e. The monoisotopic (exact) mass is 270 g/mol. The van der Waals surface area contributed by atoms with Crippen LogP contribution < -0.4 is 11.1 Å². The highest BCUT2D eigenvalue weighted by molar-refractivity contribution is 6.31. The van der Waals surface area contributed by atoms with E-state index in [1.165, 1.54) is 25.3 Å². The summed E-state index contributed by atoms with van der Waals surface area (Å²) in [5.41, 5.74) is 6.21. The quantitative estimate of drug-likeness (QED) is 0.833. The maximum Gasteiger partial charge on any atom is 0.129 e. The summed E-state index contributed by atoms with van der Waals surface area (Å²) >= 11 is 6.05. The Balaban J connectivity index is 1.94. The molecule has 1 aromatic rings. The Kier molecular flexibility index (Phi) is 4.98. The first-order valence-electron chi connectivity index (χ1n) is 6.59. The lowest BCUT2D eigenvalue weighted by Gasteiger charge is -2.26. The van der Waals surface area contributed by atoms with E-state index in [4.69, 9.17) is 17.3 Å². The molecule has 2 rings (SSSR count). The van der Waals surface area contributed by atoms with Gasteiger partial charge in [-0.05, 0) is 31.0 Å². The number of nitrogens with one attached hydrogen (secondary N) is 1. The zero-order valence-corrected chi connectivity index (χ0v) is 11.2. The minimum absolute atomic E-state index is 0.196. The molecule has 0 aromatic heterocycles. The van der Waals surface area contributed by atoms with E-state index in [1.807, 2.05) is 0 Å². The smallest absolute Gasteiger partial charge is 0.129 e. The van der Waals surface area contributed by atoms with Gasteiger partial charge in [0.2, 0.25) is 0 Å². The SMILES string of the molecule is NCC(NCCC1CCC1)c1c(F)cccc1Cl. The van der Waals surface area contributed by atoms with Gasteiger partial charge in [-0.1, -0.05) is 36.9 Å². The molecule has 0 aliphatic heterocycles. The van der Waals surface area contributed by atoms with Gasteiger partial charge < -0.3 is 11.1 Å². The third-order valence-corrected chi connectivity index (χ3v) is 4.08. The van der Waals surface area contributed by atoms with Gasteiger partial charge in [0.15, 0.2) is 0 Å². The molecule has 2 nitrogen and oxygen atoms in total. The van der Waals surface area contributed by atoms with Gasteiger partial charge in [0.1, 0.15) is 5.82 Å². The van der Waals surface area contributed by atoms with E-state index >= 15 is 0 Å². The number of nitrogens with two attached hydrogens (primary N) is 1. The van der Waals surface area contributed by atoms with Gasteiger partial charge in [-0.3, -0.25) is 0 Å². The molecule has 1 aliphatic carbocycles. The van der Waals surface area contributed by atoms with E-state index in [9.17, 15) is 4.39 Å².